The van der Waals surface area contributed by atoms with Crippen LogP contribution >= 0.6 is 7.60 Å². The molecule has 4 heterocycles. The number of hydrogen-bond donors (Lipinski definition) is 1. The molecule has 0 saturated carbocycles. The number of rotatable bonds is 8. The molecule has 0 aromatic carbocycles. The fourth-order valence-corrected chi connectivity index (χ4v) is 5.43. The van der Waals surface area contributed by atoms with E-state index in [2.05, 4.69) is 25.3 Å². The third-order valence-corrected chi connectivity index (χ3v) is 7.22. The third-order valence-electron chi connectivity index (χ3n) is 4.72. The Bertz CT molecular complexity index is 1060. The molecule has 4 rings (SSSR count). The highest BCUT2D eigenvalue weighted by atomic mass is 31.2. The molecule has 1 fully saturated rings. The summed E-state index contributed by atoms with van der Waals surface area (Å²) >= 11 is 0. The molecular formula is C16H24N9O4P. The normalized spacial score (nSPS) is 20.4. The molecule has 0 bridgehead atoms. The molecule has 3 aromatic heterocycles. The Balaban J connectivity index is 1.50. The minimum atomic E-state index is -3.35. The lowest BCUT2D eigenvalue weighted by molar-refractivity contribution is -0.162. The molecule has 1 saturated heterocycles. The van der Waals surface area contributed by atoms with Crippen LogP contribution in [-0.2, 0) is 25.0 Å². The zero-order valence-corrected chi connectivity index (χ0v) is 17.8. The summed E-state index contributed by atoms with van der Waals surface area (Å²) in [5.41, 5.74) is 7.66. The first-order chi connectivity index (χ1) is 14.4. The summed E-state index contributed by atoms with van der Waals surface area (Å²) in [6.45, 7) is 4.52. The van der Waals surface area contributed by atoms with Crippen molar-refractivity contribution in [3.63, 3.8) is 0 Å². The van der Waals surface area contributed by atoms with Gasteiger partial charge in [-0.1, -0.05) is 5.21 Å². The molecule has 2 N–H and O–H groups in total. The Morgan fingerprint density at radius 3 is 2.77 bits per heavy atom. The highest BCUT2D eigenvalue weighted by Crippen LogP contribution is 2.58. The van der Waals surface area contributed by atoms with Crippen molar-refractivity contribution in [3.8, 4) is 0 Å². The standard InChI is InChI=1S/C16H24N9O4P/c1-4-27-30(26,28-5-2)13-6-12(29-23(13)3)25-8-11(21-22-25)7-24-10-20-14-15(17)18-9-19-16(14)24/h8-10,12-13H,4-7H2,1-3H3,(H2,17,18,19)/t12-,13-/m1/s1. The van der Waals surface area contributed by atoms with Crippen molar-refractivity contribution >= 4 is 24.6 Å². The average molecular weight is 437 g/mol. The molecule has 0 amide bonds. The van der Waals surface area contributed by atoms with Crippen LogP contribution in [0.2, 0.25) is 0 Å². The Kier molecular flexibility index (Phi) is 5.80. The molecule has 0 spiro atoms. The van der Waals surface area contributed by atoms with Crippen molar-refractivity contribution in [3.05, 3.63) is 24.5 Å². The number of fused-ring (bicyclic) bond motifs is 1. The Morgan fingerprint density at radius 1 is 1.27 bits per heavy atom. The van der Waals surface area contributed by atoms with E-state index in [9.17, 15) is 4.57 Å². The van der Waals surface area contributed by atoms with E-state index in [1.807, 2.05) is 4.57 Å². The van der Waals surface area contributed by atoms with Gasteiger partial charge in [0.2, 0.25) is 0 Å². The summed E-state index contributed by atoms with van der Waals surface area (Å²) in [5.74, 6) is -0.212. The van der Waals surface area contributed by atoms with Crippen molar-refractivity contribution < 1.29 is 18.5 Å². The Labute approximate surface area is 172 Å². The predicted molar refractivity (Wildman–Crippen MR) is 106 cm³/mol. The molecule has 162 valence electrons. The van der Waals surface area contributed by atoms with Crippen molar-refractivity contribution in [2.75, 3.05) is 26.0 Å². The summed E-state index contributed by atoms with van der Waals surface area (Å²) in [4.78, 5) is 18.3. The van der Waals surface area contributed by atoms with Gasteiger partial charge in [-0.25, -0.2) is 19.6 Å². The van der Waals surface area contributed by atoms with Gasteiger partial charge in [0.15, 0.2) is 17.7 Å². The molecule has 0 radical (unpaired) electrons. The molecule has 1 aliphatic rings. The summed E-state index contributed by atoms with van der Waals surface area (Å²) in [6.07, 6.45) is 4.69. The number of aromatic nitrogens is 7. The van der Waals surface area contributed by atoms with Crippen LogP contribution < -0.4 is 5.73 Å². The largest absolute Gasteiger partial charge is 0.382 e. The topological polar surface area (TPSA) is 148 Å². The second kappa shape index (κ2) is 8.36. The van der Waals surface area contributed by atoms with Gasteiger partial charge in [-0.3, -0.25) is 9.40 Å². The quantitative estimate of drug-likeness (QED) is 0.510. The smallest absolute Gasteiger partial charge is 0.350 e. The molecule has 13 nitrogen and oxygen atoms in total. The number of anilines is 1. The lowest BCUT2D eigenvalue weighted by Crippen LogP contribution is -2.25. The zero-order chi connectivity index (χ0) is 21.3. The van der Waals surface area contributed by atoms with Gasteiger partial charge in [0.1, 0.15) is 23.3 Å². The van der Waals surface area contributed by atoms with Gasteiger partial charge in [-0.2, -0.15) is 5.06 Å². The van der Waals surface area contributed by atoms with Gasteiger partial charge >= 0.3 is 7.60 Å². The summed E-state index contributed by atoms with van der Waals surface area (Å²) in [5, 5.41) is 9.90. The van der Waals surface area contributed by atoms with Crippen LogP contribution in [0.15, 0.2) is 18.9 Å². The summed E-state index contributed by atoms with van der Waals surface area (Å²) < 4.78 is 27.5. The van der Waals surface area contributed by atoms with E-state index in [1.54, 1.807) is 38.1 Å². The predicted octanol–water partition coefficient (Wildman–Crippen LogP) is 1.41. The second-order valence-corrected chi connectivity index (χ2v) is 8.88. The lowest BCUT2D eigenvalue weighted by Gasteiger charge is -2.25. The highest BCUT2D eigenvalue weighted by Gasteiger charge is 2.46. The van der Waals surface area contributed by atoms with Crippen LogP contribution in [0.3, 0.4) is 0 Å². The van der Waals surface area contributed by atoms with E-state index in [-0.39, 0.29) is 13.2 Å². The van der Waals surface area contributed by atoms with Gasteiger partial charge in [-0.05, 0) is 13.8 Å². The second-order valence-electron chi connectivity index (χ2n) is 6.69. The maximum atomic E-state index is 13.1. The summed E-state index contributed by atoms with van der Waals surface area (Å²) in [7, 11) is -1.65. The van der Waals surface area contributed by atoms with Crippen molar-refractivity contribution in [2.24, 2.45) is 0 Å². The molecule has 2 atom stereocenters. The van der Waals surface area contributed by atoms with Crippen molar-refractivity contribution in [1.82, 2.24) is 39.6 Å². The van der Waals surface area contributed by atoms with E-state index in [0.29, 0.717) is 35.6 Å². The molecule has 0 unspecified atom stereocenters. The SMILES string of the molecule is CCOP(=O)(OCC)[C@@H]1C[C@H](n2cc(Cn3cnc4c(N)ncnc43)nn2)ON1C. The molecule has 30 heavy (non-hydrogen) atoms. The number of imidazole rings is 1. The van der Waals surface area contributed by atoms with Crippen LogP contribution in [0.4, 0.5) is 5.82 Å². The van der Waals surface area contributed by atoms with Crippen LogP contribution in [0.1, 0.15) is 32.2 Å². The molecular weight excluding hydrogens is 413 g/mol. The maximum absolute atomic E-state index is 13.1. The Hall–Kier alpha value is -2.44. The highest BCUT2D eigenvalue weighted by molar-refractivity contribution is 7.54. The van der Waals surface area contributed by atoms with Crippen molar-refractivity contribution in [2.45, 2.75) is 38.8 Å². The average Bonchev–Trinajstić information content (AvgIpc) is 3.42. The lowest BCUT2D eigenvalue weighted by atomic mass is 10.4. The first kappa shape index (κ1) is 20.8. The first-order valence-electron chi connectivity index (χ1n) is 9.55. The molecule has 1 aliphatic heterocycles. The van der Waals surface area contributed by atoms with Gasteiger partial charge < -0.3 is 19.3 Å². The van der Waals surface area contributed by atoms with E-state index in [0.717, 1.165) is 0 Å². The number of nitrogen functional groups attached to an aromatic ring is 1. The van der Waals surface area contributed by atoms with Crippen LogP contribution in [-0.4, -0.2) is 65.6 Å². The van der Waals surface area contributed by atoms with Gasteiger partial charge in [-0.15, -0.1) is 5.10 Å². The van der Waals surface area contributed by atoms with Crippen LogP contribution in [0.25, 0.3) is 11.2 Å². The van der Waals surface area contributed by atoms with Gasteiger partial charge in [0.25, 0.3) is 0 Å². The minimum absolute atomic E-state index is 0.284. The maximum Gasteiger partial charge on any atom is 0.350 e. The zero-order valence-electron chi connectivity index (χ0n) is 17.0. The number of hydrogen-bond acceptors (Lipinski definition) is 11. The number of hydroxylamine groups is 2. The fourth-order valence-electron chi connectivity index (χ4n) is 3.40. The van der Waals surface area contributed by atoms with Gasteiger partial charge in [0, 0.05) is 13.5 Å². The molecule has 14 heteroatoms. The van der Waals surface area contributed by atoms with Crippen molar-refractivity contribution in [1.29, 1.82) is 0 Å². The van der Waals surface area contributed by atoms with Crippen LogP contribution in [0, 0.1) is 0 Å². The first-order valence-corrected chi connectivity index (χ1v) is 11.2. The third kappa shape index (κ3) is 3.82. The molecule has 0 aliphatic carbocycles. The Morgan fingerprint density at radius 2 is 2.03 bits per heavy atom. The molecule has 3 aromatic rings. The van der Waals surface area contributed by atoms with E-state index >= 15 is 0 Å². The number of nitrogens with zero attached hydrogens (tertiary/aromatic N) is 8. The van der Waals surface area contributed by atoms with Crippen LogP contribution in [0.5, 0.6) is 0 Å². The minimum Gasteiger partial charge on any atom is -0.382 e. The summed E-state index contributed by atoms with van der Waals surface area (Å²) in [6, 6.07) is 0. The van der Waals surface area contributed by atoms with Gasteiger partial charge in [0.05, 0.1) is 32.3 Å². The fraction of sp³-hybridized carbons (Fsp3) is 0.562. The monoisotopic (exact) mass is 437 g/mol. The van der Waals surface area contributed by atoms with E-state index in [1.165, 1.54) is 11.4 Å². The van der Waals surface area contributed by atoms with E-state index < -0.39 is 19.6 Å². The number of nitrogens with two attached hydrogens (primary N) is 1. The van der Waals surface area contributed by atoms with E-state index in [4.69, 9.17) is 19.6 Å².